The van der Waals surface area contributed by atoms with Crippen LogP contribution in [0.15, 0.2) is 24.3 Å². The standard InChI is InChI=1S/C15H23N2O6P/c1-4-21-14(18)11-16-24(20,23-6-3)17-13-9-7-12(8-10-13)15(19)22-5-2/h7-10H,4-6,11H2,1-3H3,(H2,16,17,20). The average molecular weight is 358 g/mol. The molecule has 0 saturated carbocycles. The number of hydrogen-bond donors (Lipinski definition) is 2. The van der Waals surface area contributed by atoms with Gasteiger partial charge in [0.15, 0.2) is 0 Å². The summed E-state index contributed by atoms with van der Waals surface area (Å²) in [6.45, 7) is 5.55. The van der Waals surface area contributed by atoms with Crippen LogP contribution in [-0.2, 0) is 23.4 Å². The summed E-state index contributed by atoms with van der Waals surface area (Å²) in [6, 6.07) is 6.23. The number of hydrogen-bond acceptors (Lipinski definition) is 6. The second kappa shape index (κ2) is 10.1. The van der Waals surface area contributed by atoms with Crippen LogP contribution < -0.4 is 10.2 Å². The van der Waals surface area contributed by atoms with Gasteiger partial charge in [-0.25, -0.2) is 14.4 Å². The molecular formula is C15H23N2O6P. The van der Waals surface area contributed by atoms with Crippen molar-refractivity contribution in [2.45, 2.75) is 20.8 Å². The number of benzene rings is 1. The van der Waals surface area contributed by atoms with E-state index in [1.165, 1.54) is 0 Å². The quantitative estimate of drug-likeness (QED) is 0.486. The van der Waals surface area contributed by atoms with Crippen molar-refractivity contribution in [2.75, 3.05) is 31.5 Å². The Morgan fingerprint density at radius 3 is 2.17 bits per heavy atom. The Labute approximate surface area is 141 Å². The molecule has 0 radical (unpaired) electrons. The van der Waals surface area contributed by atoms with E-state index in [-0.39, 0.29) is 26.4 Å². The fourth-order valence-corrected chi connectivity index (χ4v) is 3.17. The van der Waals surface area contributed by atoms with Crippen molar-refractivity contribution in [3.63, 3.8) is 0 Å². The van der Waals surface area contributed by atoms with Crippen LogP contribution in [0.1, 0.15) is 31.1 Å². The molecule has 0 fully saturated rings. The van der Waals surface area contributed by atoms with Crippen LogP contribution in [-0.4, -0.2) is 38.3 Å². The summed E-state index contributed by atoms with van der Waals surface area (Å²) >= 11 is 0. The topological polar surface area (TPSA) is 103 Å². The molecule has 2 N–H and O–H groups in total. The van der Waals surface area contributed by atoms with Gasteiger partial charge in [-0.2, -0.15) is 0 Å². The van der Waals surface area contributed by atoms with Gasteiger partial charge in [-0.05, 0) is 45.0 Å². The first kappa shape index (κ1) is 20.2. The second-order valence-corrected chi connectivity index (χ2v) is 6.42. The van der Waals surface area contributed by atoms with Gasteiger partial charge in [0, 0.05) is 5.69 Å². The van der Waals surface area contributed by atoms with E-state index in [4.69, 9.17) is 14.0 Å². The smallest absolute Gasteiger partial charge is 0.366 e. The minimum absolute atomic E-state index is 0.182. The zero-order chi connectivity index (χ0) is 18.0. The van der Waals surface area contributed by atoms with Crippen molar-refractivity contribution >= 4 is 25.3 Å². The molecule has 8 nitrogen and oxygen atoms in total. The molecule has 24 heavy (non-hydrogen) atoms. The highest BCUT2D eigenvalue weighted by Crippen LogP contribution is 2.42. The minimum atomic E-state index is -3.49. The minimum Gasteiger partial charge on any atom is -0.465 e. The van der Waals surface area contributed by atoms with Gasteiger partial charge in [-0.15, -0.1) is 0 Å². The van der Waals surface area contributed by atoms with E-state index in [0.717, 1.165) is 0 Å². The molecule has 0 heterocycles. The van der Waals surface area contributed by atoms with E-state index >= 15 is 0 Å². The molecular weight excluding hydrogens is 335 g/mol. The first-order valence-corrected chi connectivity index (χ1v) is 9.27. The van der Waals surface area contributed by atoms with Gasteiger partial charge in [-0.3, -0.25) is 4.79 Å². The van der Waals surface area contributed by atoms with Crippen LogP contribution >= 0.6 is 7.67 Å². The molecule has 1 unspecified atom stereocenters. The van der Waals surface area contributed by atoms with Gasteiger partial charge >= 0.3 is 19.6 Å². The van der Waals surface area contributed by atoms with Crippen LogP contribution in [0.3, 0.4) is 0 Å². The molecule has 0 aromatic heterocycles. The van der Waals surface area contributed by atoms with E-state index < -0.39 is 19.6 Å². The number of carbonyl (C=O) groups is 2. The van der Waals surface area contributed by atoms with Crippen LogP contribution in [0.2, 0.25) is 0 Å². The van der Waals surface area contributed by atoms with Gasteiger partial charge in [0.25, 0.3) is 0 Å². The monoisotopic (exact) mass is 358 g/mol. The highest BCUT2D eigenvalue weighted by Gasteiger charge is 2.24. The molecule has 1 rings (SSSR count). The maximum absolute atomic E-state index is 12.7. The molecule has 0 saturated heterocycles. The number of anilines is 1. The molecule has 0 spiro atoms. The third kappa shape index (κ3) is 6.70. The van der Waals surface area contributed by atoms with Crippen molar-refractivity contribution < 1.29 is 28.2 Å². The van der Waals surface area contributed by atoms with Crippen molar-refractivity contribution in [2.24, 2.45) is 0 Å². The molecule has 0 aliphatic carbocycles. The van der Waals surface area contributed by atoms with Gasteiger partial charge < -0.3 is 19.1 Å². The summed E-state index contributed by atoms with van der Waals surface area (Å²) in [4.78, 5) is 23.0. The Bertz CT molecular complexity index is 590. The van der Waals surface area contributed by atoms with E-state index in [1.807, 2.05) is 0 Å². The number of nitrogens with one attached hydrogen (secondary N) is 2. The molecule has 0 aliphatic rings. The van der Waals surface area contributed by atoms with Crippen molar-refractivity contribution in [1.82, 2.24) is 5.09 Å². The predicted molar refractivity (Wildman–Crippen MR) is 89.9 cm³/mol. The Balaban J connectivity index is 2.75. The van der Waals surface area contributed by atoms with Crippen LogP contribution in [0.4, 0.5) is 5.69 Å². The molecule has 0 amide bonds. The Morgan fingerprint density at radius 1 is 1.00 bits per heavy atom. The fourth-order valence-electron chi connectivity index (χ4n) is 1.75. The number of carbonyl (C=O) groups excluding carboxylic acids is 2. The average Bonchev–Trinajstić information content (AvgIpc) is 2.54. The predicted octanol–water partition coefficient (Wildman–Crippen LogP) is 2.57. The summed E-state index contributed by atoms with van der Waals surface area (Å²) in [5, 5.41) is 5.26. The molecule has 0 aliphatic heterocycles. The van der Waals surface area contributed by atoms with E-state index in [9.17, 15) is 14.2 Å². The van der Waals surface area contributed by atoms with E-state index in [1.54, 1.807) is 45.0 Å². The Hall–Kier alpha value is -1.89. The molecule has 1 aromatic carbocycles. The SMILES string of the molecule is CCOC(=O)CNP(=O)(Nc1ccc(C(=O)OCC)cc1)OCC. The Morgan fingerprint density at radius 2 is 1.62 bits per heavy atom. The largest absolute Gasteiger partial charge is 0.465 e. The molecule has 0 bridgehead atoms. The van der Waals surface area contributed by atoms with Crippen LogP contribution in [0.25, 0.3) is 0 Å². The van der Waals surface area contributed by atoms with Gasteiger partial charge in [0.1, 0.15) is 6.54 Å². The maximum Gasteiger partial charge on any atom is 0.366 e. The highest BCUT2D eigenvalue weighted by molar-refractivity contribution is 7.58. The molecule has 1 atom stereocenters. The highest BCUT2D eigenvalue weighted by atomic mass is 31.2. The lowest BCUT2D eigenvalue weighted by molar-refractivity contribution is -0.141. The van der Waals surface area contributed by atoms with E-state index in [2.05, 4.69) is 10.2 Å². The zero-order valence-corrected chi connectivity index (χ0v) is 14.9. The van der Waals surface area contributed by atoms with Gasteiger partial charge in [0.2, 0.25) is 0 Å². The maximum atomic E-state index is 12.7. The van der Waals surface area contributed by atoms with E-state index in [0.29, 0.717) is 11.3 Å². The van der Waals surface area contributed by atoms with Crippen molar-refractivity contribution in [1.29, 1.82) is 0 Å². The third-order valence-electron chi connectivity index (χ3n) is 2.72. The number of rotatable bonds is 10. The summed E-state index contributed by atoms with van der Waals surface area (Å²) in [6.07, 6.45) is 0. The number of ether oxygens (including phenoxy) is 2. The van der Waals surface area contributed by atoms with Crippen LogP contribution in [0.5, 0.6) is 0 Å². The van der Waals surface area contributed by atoms with Gasteiger partial charge in [-0.1, -0.05) is 0 Å². The first-order valence-electron chi connectivity index (χ1n) is 7.64. The molecule has 1 aromatic rings. The van der Waals surface area contributed by atoms with Crippen LogP contribution in [0, 0.1) is 0 Å². The molecule has 134 valence electrons. The second-order valence-electron chi connectivity index (χ2n) is 4.52. The number of esters is 2. The summed E-state index contributed by atoms with van der Waals surface area (Å²) in [7, 11) is -3.49. The Kier molecular flexibility index (Phi) is 8.46. The van der Waals surface area contributed by atoms with Gasteiger partial charge in [0.05, 0.1) is 25.4 Å². The summed E-state index contributed by atoms with van der Waals surface area (Å²) < 4.78 is 27.5. The summed E-state index contributed by atoms with van der Waals surface area (Å²) in [5.74, 6) is -0.964. The van der Waals surface area contributed by atoms with Crippen molar-refractivity contribution in [3.8, 4) is 0 Å². The lowest BCUT2D eigenvalue weighted by atomic mass is 10.2. The van der Waals surface area contributed by atoms with Crippen molar-refractivity contribution in [3.05, 3.63) is 29.8 Å². The summed E-state index contributed by atoms with van der Waals surface area (Å²) in [5.41, 5.74) is 0.851. The third-order valence-corrected chi connectivity index (χ3v) is 4.47. The normalized spacial score (nSPS) is 13.0. The fraction of sp³-hybridized carbons (Fsp3) is 0.467. The lowest BCUT2D eigenvalue weighted by Crippen LogP contribution is -2.26. The lowest BCUT2D eigenvalue weighted by Gasteiger charge is -2.20. The zero-order valence-electron chi connectivity index (χ0n) is 14.0. The molecule has 9 heteroatoms. The first-order chi connectivity index (χ1) is 11.4.